The third-order valence-corrected chi connectivity index (χ3v) is 3.82. The van der Waals surface area contributed by atoms with E-state index in [0.717, 1.165) is 13.0 Å². The number of carbonyl (C=O) groups excluding carboxylic acids is 1. The molecule has 0 bridgehead atoms. The summed E-state index contributed by atoms with van der Waals surface area (Å²) in [5, 5.41) is 15.6. The van der Waals surface area contributed by atoms with Crippen LogP contribution < -0.4 is 10.6 Å². The molecule has 0 amide bonds. The Morgan fingerprint density at radius 2 is 1.86 bits per heavy atom. The van der Waals surface area contributed by atoms with Crippen molar-refractivity contribution in [2.45, 2.75) is 77.0 Å². The largest absolute Gasteiger partial charge is 0.480 e. The quantitative estimate of drug-likeness (QED) is 0.420. The molecule has 0 aromatic rings. The molecular weight excluding hydrogens is 284 g/mol. The Morgan fingerprint density at radius 1 is 1.18 bits per heavy atom. The van der Waals surface area contributed by atoms with E-state index in [0.29, 0.717) is 12.6 Å². The van der Waals surface area contributed by atoms with E-state index in [4.69, 9.17) is 9.84 Å². The Morgan fingerprint density at radius 3 is 2.45 bits per heavy atom. The number of esters is 1. The molecule has 1 rings (SSSR count). The van der Waals surface area contributed by atoms with Crippen molar-refractivity contribution in [3.8, 4) is 0 Å². The molecule has 6 nitrogen and oxygen atoms in total. The van der Waals surface area contributed by atoms with Crippen LogP contribution in [0, 0.1) is 0 Å². The number of hydrogen-bond acceptors (Lipinski definition) is 5. The minimum Gasteiger partial charge on any atom is -0.480 e. The van der Waals surface area contributed by atoms with E-state index < -0.39 is 18.0 Å². The average molecular weight is 314 g/mol. The second kappa shape index (κ2) is 10.6. The molecule has 0 aliphatic heterocycles. The van der Waals surface area contributed by atoms with E-state index in [9.17, 15) is 9.59 Å². The fourth-order valence-corrected chi connectivity index (χ4v) is 2.70. The number of nitrogens with one attached hydrogen (secondary N) is 2. The number of ether oxygens (including phenoxy) is 1. The van der Waals surface area contributed by atoms with Crippen LogP contribution in [0.3, 0.4) is 0 Å². The van der Waals surface area contributed by atoms with Gasteiger partial charge in [-0.2, -0.15) is 0 Å². The smallest absolute Gasteiger partial charge is 0.321 e. The van der Waals surface area contributed by atoms with E-state index in [1.807, 2.05) is 0 Å². The molecule has 0 radical (unpaired) electrons. The topological polar surface area (TPSA) is 87.7 Å². The van der Waals surface area contributed by atoms with Crippen molar-refractivity contribution in [2.24, 2.45) is 0 Å². The molecule has 0 aromatic heterocycles. The molecule has 0 aromatic carbocycles. The van der Waals surface area contributed by atoms with Crippen molar-refractivity contribution in [2.75, 3.05) is 13.1 Å². The van der Waals surface area contributed by atoms with Crippen molar-refractivity contribution >= 4 is 11.9 Å². The zero-order chi connectivity index (χ0) is 16.4. The van der Waals surface area contributed by atoms with Crippen LogP contribution in [0.2, 0.25) is 0 Å². The van der Waals surface area contributed by atoms with E-state index in [1.165, 1.54) is 32.1 Å². The van der Waals surface area contributed by atoms with Gasteiger partial charge < -0.3 is 20.5 Å². The van der Waals surface area contributed by atoms with Crippen molar-refractivity contribution in [3.05, 3.63) is 0 Å². The number of hydrogen-bond donors (Lipinski definition) is 3. The summed E-state index contributed by atoms with van der Waals surface area (Å²) in [6, 6.07) is -0.258. The Balaban J connectivity index is 2.15. The second-order valence-corrected chi connectivity index (χ2v) is 6.23. The van der Waals surface area contributed by atoms with Crippen LogP contribution >= 0.6 is 0 Å². The predicted molar refractivity (Wildman–Crippen MR) is 84.8 cm³/mol. The average Bonchev–Trinajstić information content (AvgIpc) is 2.45. The molecule has 6 heteroatoms. The molecule has 0 saturated heterocycles. The zero-order valence-electron chi connectivity index (χ0n) is 13.8. The van der Waals surface area contributed by atoms with E-state index >= 15 is 0 Å². The van der Waals surface area contributed by atoms with Gasteiger partial charge in [0, 0.05) is 6.04 Å². The highest BCUT2D eigenvalue weighted by Crippen LogP contribution is 2.17. The van der Waals surface area contributed by atoms with Gasteiger partial charge in [-0.05, 0) is 46.2 Å². The molecule has 0 spiro atoms. The summed E-state index contributed by atoms with van der Waals surface area (Å²) in [6.07, 6.45) is 6.92. The Hall–Kier alpha value is -1.14. The minimum atomic E-state index is -1.01. The Kier molecular flexibility index (Phi) is 9.08. The highest BCUT2D eigenvalue weighted by atomic mass is 16.5. The summed E-state index contributed by atoms with van der Waals surface area (Å²) in [6.45, 7) is 4.95. The Bertz CT molecular complexity index is 341. The molecule has 1 atom stereocenters. The summed E-state index contributed by atoms with van der Waals surface area (Å²) in [5.41, 5.74) is 0. The van der Waals surface area contributed by atoms with Gasteiger partial charge in [0.15, 0.2) is 0 Å². The first kappa shape index (κ1) is 18.9. The molecule has 128 valence electrons. The van der Waals surface area contributed by atoms with Gasteiger partial charge in [-0.3, -0.25) is 9.59 Å². The van der Waals surface area contributed by atoms with Crippen LogP contribution in [0.1, 0.15) is 58.8 Å². The van der Waals surface area contributed by atoms with Crippen LogP contribution in [-0.2, 0) is 14.3 Å². The first-order valence-electron chi connectivity index (χ1n) is 8.38. The lowest BCUT2D eigenvalue weighted by molar-refractivity contribution is -0.152. The van der Waals surface area contributed by atoms with Crippen LogP contribution in [0.15, 0.2) is 0 Å². The van der Waals surface area contributed by atoms with Crippen molar-refractivity contribution < 1.29 is 19.4 Å². The number of carboxylic acids is 1. The number of carboxylic acid groups (broad SMARTS) is 1. The van der Waals surface area contributed by atoms with Gasteiger partial charge in [0.1, 0.15) is 6.04 Å². The molecule has 22 heavy (non-hydrogen) atoms. The minimum absolute atomic E-state index is 0.135. The van der Waals surface area contributed by atoms with Crippen LogP contribution in [0.4, 0.5) is 0 Å². The summed E-state index contributed by atoms with van der Waals surface area (Å²) >= 11 is 0. The van der Waals surface area contributed by atoms with Gasteiger partial charge in [-0.25, -0.2) is 0 Å². The second-order valence-electron chi connectivity index (χ2n) is 6.23. The molecule has 0 unspecified atom stereocenters. The van der Waals surface area contributed by atoms with Gasteiger partial charge in [0.05, 0.1) is 12.5 Å². The van der Waals surface area contributed by atoms with Gasteiger partial charge in [-0.1, -0.05) is 19.3 Å². The lowest BCUT2D eigenvalue weighted by Gasteiger charge is -2.23. The molecule has 1 saturated carbocycles. The van der Waals surface area contributed by atoms with Gasteiger partial charge >= 0.3 is 11.9 Å². The summed E-state index contributed by atoms with van der Waals surface area (Å²) in [4.78, 5) is 22.7. The van der Waals surface area contributed by atoms with Crippen LogP contribution in [0.5, 0.6) is 0 Å². The third-order valence-electron chi connectivity index (χ3n) is 3.82. The van der Waals surface area contributed by atoms with E-state index in [2.05, 4.69) is 10.6 Å². The van der Waals surface area contributed by atoms with Gasteiger partial charge in [-0.15, -0.1) is 0 Å². The molecule has 1 aliphatic rings. The van der Waals surface area contributed by atoms with Crippen molar-refractivity contribution in [1.82, 2.24) is 10.6 Å². The Labute approximate surface area is 133 Å². The highest BCUT2D eigenvalue weighted by Gasteiger charge is 2.22. The van der Waals surface area contributed by atoms with Crippen LogP contribution in [-0.4, -0.2) is 48.3 Å². The fourth-order valence-electron chi connectivity index (χ4n) is 2.70. The number of rotatable bonds is 10. The highest BCUT2D eigenvalue weighted by molar-refractivity contribution is 5.81. The first-order chi connectivity index (χ1) is 10.5. The lowest BCUT2D eigenvalue weighted by atomic mass is 9.95. The SMILES string of the molecule is CC(C)OC(=O)C[C@H](NCCCNC1CCCCC1)C(=O)O. The maximum atomic E-state index is 11.5. The van der Waals surface area contributed by atoms with Crippen molar-refractivity contribution in [3.63, 3.8) is 0 Å². The van der Waals surface area contributed by atoms with Gasteiger partial charge in [0.25, 0.3) is 0 Å². The molecule has 1 fully saturated rings. The standard InChI is InChI=1S/C16H30N2O4/c1-12(2)22-15(19)11-14(16(20)21)18-10-6-9-17-13-7-4-3-5-8-13/h12-14,17-18H,3-11H2,1-2H3,(H,20,21)/t14-/m0/s1. The summed E-state index contributed by atoms with van der Waals surface area (Å²) in [5.74, 6) is -1.49. The number of carbonyl (C=O) groups is 2. The first-order valence-corrected chi connectivity index (χ1v) is 8.38. The number of aliphatic carboxylic acids is 1. The normalized spacial score (nSPS) is 17.4. The van der Waals surface area contributed by atoms with E-state index in [1.54, 1.807) is 13.8 Å². The zero-order valence-corrected chi connectivity index (χ0v) is 13.8. The van der Waals surface area contributed by atoms with Crippen LogP contribution in [0.25, 0.3) is 0 Å². The lowest BCUT2D eigenvalue weighted by Crippen LogP contribution is -2.41. The van der Waals surface area contributed by atoms with E-state index in [-0.39, 0.29) is 12.5 Å². The summed E-state index contributed by atoms with van der Waals surface area (Å²) in [7, 11) is 0. The molecule has 0 heterocycles. The maximum Gasteiger partial charge on any atom is 0.321 e. The fraction of sp³-hybridized carbons (Fsp3) is 0.875. The monoisotopic (exact) mass is 314 g/mol. The maximum absolute atomic E-state index is 11.5. The molecule has 3 N–H and O–H groups in total. The summed E-state index contributed by atoms with van der Waals surface area (Å²) < 4.78 is 4.98. The third kappa shape index (κ3) is 8.34. The molecule has 1 aliphatic carbocycles. The van der Waals surface area contributed by atoms with Crippen molar-refractivity contribution in [1.29, 1.82) is 0 Å². The molecular formula is C16H30N2O4. The predicted octanol–water partition coefficient (Wildman–Crippen LogP) is 1.68. The van der Waals surface area contributed by atoms with Gasteiger partial charge in [0.2, 0.25) is 0 Å².